The molecule has 1 aliphatic carbocycles. The number of amides is 1. The zero-order chi connectivity index (χ0) is 15.4. The average molecular weight is 291 g/mol. The Morgan fingerprint density at radius 1 is 1.48 bits per heavy atom. The highest BCUT2D eigenvalue weighted by Crippen LogP contribution is 2.28. The highest BCUT2D eigenvalue weighted by atomic mass is 16.6. The van der Waals surface area contributed by atoms with Gasteiger partial charge in [0, 0.05) is 31.4 Å². The summed E-state index contributed by atoms with van der Waals surface area (Å²) in [6, 6.07) is 4.85. The zero-order valence-corrected chi connectivity index (χ0v) is 12.5. The predicted octanol–water partition coefficient (Wildman–Crippen LogP) is 3.04. The molecule has 1 amide bonds. The molecule has 114 valence electrons. The van der Waals surface area contributed by atoms with Gasteiger partial charge in [0.25, 0.3) is 11.6 Å². The van der Waals surface area contributed by atoms with Crippen LogP contribution in [0.5, 0.6) is 0 Å². The van der Waals surface area contributed by atoms with E-state index in [4.69, 9.17) is 0 Å². The molecule has 0 spiro atoms. The second kappa shape index (κ2) is 6.56. The van der Waals surface area contributed by atoms with Gasteiger partial charge in [0.15, 0.2) is 0 Å². The fourth-order valence-electron chi connectivity index (χ4n) is 2.38. The Labute approximate surface area is 124 Å². The number of nitrogens with one attached hydrogen (secondary N) is 1. The van der Waals surface area contributed by atoms with E-state index in [0.29, 0.717) is 0 Å². The summed E-state index contributed by atoms with van der Waals surface area (Å²) in [5.74, 6) is -0.272. The summed E-state index contributed by atoms with van der Waals surface area (Å²) < 4.78 is 0. The summed E-state index contributed by atoms with van der Waals surface area (Å²) in [6.45, 7) is 2.80. The number of benzene rings is 1. The SMILES string of the molecule is CCCNc1ccc([N+](=O)[O-])c(C(=O)N(C)C2CCC2)c1. The fourth-order valence-corrected chi connectivity index (χ4v) is 2.38. The molecule has 1 saturated carbocycles. The van der Waals surface area contributed by atoms with Crippen LogP contribution in [-0.4, -0.2) is 35.4 Å². The number of hydrogen-bond donors (Lipinski definition) is 1. The maximum absolute atomic E-state index is 12.5. The van der Waals surface area contributed by atoms with E-state index in [9.17, 15) is 14.9 Å². The van der Waals surface area contributed by atoms with Crippen molar-refractivity contribution in [1.29, 1.82) is 0 Å². The third-order valence-electron chi connectivity index (χ3n) is 3.95. The Morgan fingerprint density at radius 3 is 2.71 bits per heavy atom. The van der Waals surface area contributed by atoms with Crippen molar-refractivity contribution >= 4 is 17.3 Å². The monoisotopic (exact) mass is 291 g/mol. The van der Waals surface area contributed by atoms with E-state index in [0.717, 1.165) is 37.9 Å². The van der Waals surface area contributed by atoms with E-state index in [1.165, 1.54) is 6.07 Å². The van der Waals surface area contributed by atoms with E-state index in [1.807, 2.05) is 6.92 Å². The van der Waals surface area contributed by atoms with Gasteiger partial charge in [-0.25, -0.2) is 0 Å². The van der Waals surface area contributed by atoms with E-state index >= 15 is 0 Å². The number of rotatable bonds is 6. The van der Waals surface area contributed by atoms with Gasteiger partial charge in [-0.3, -0.25) is 14.9 Å². The van der Waals surface area contributed by atoms with E-state index in [1.54, 1.807) is 24.1 Å². The van der Waals surface area contributed by atoms with Gasteiger partial charge in [-0.15, -0.1) is 0 Å². The van der Waals surface area contributed by atoms with E-state index in [2.05, 4.69) is 5.32 Å². The molecule has 0 aromatic heterocycles. The van der Waals surface area contributed by atoms with Gasteiger partial charge < -0.3 is 10.2 Å². The summed E-state index contributed by atoms with van der Waals surface area (Å²) in [4.78, 5) is 24.8. The van der Waals surface area contributed by atoms with Crippen molar-refractivity contribution < 1.29 is 9.72 Å². The molecule has 0 unspecified atom stereocenters. The van der Waals surface area contributed by atoms with Crippen LogP contribution < -0.4 is 5.32 Å². The van der Waals surface area contributed by atoms with Gasteiger partial charge in [0.2, 0.25) is 0 Å². The Hall–Kier alpha value is -2.11. The number of carbonyl (C=O) groups excluding carboxylic acids is 1. The molecule has 1 aromatic carbocycles. The van der Waals surface area contributed by atoms with Crippen LogP contribution in [-0.2, 0) is 0 Å². The summed E-state index contributed by atoms with van der Waals surface area (Å²) in [7, 11) is 1.72. The molecule has 6 nitrogen and oxygen atoms in total. The van der Waals surface area contributed by atoms with Crippen molar-refractivity contribution in [3.8, 4) is 0 Å². The van der Waals surface area contributed by atoms with Crippen LogP contribution in [0, 0.1) is 10.1 Å². The van der Waals surface area contributed by atoms with Crippen LogP contribution in [0.2, 0.25) is 0 Å². The molecule has 21 heavy (non-hydrogen) atoms. The molecule has 0 aliphatic heterocycles. The van der Waals surface area contributed by atoms with Crippen molar-refractivity contribution in [3.05, 3.63) is 33.9 Å². The zero-order valence-electron chi connectivity index (χ0n) is 12.5. The standard InChI is InChI=1S/C15H21N3O3/c1-3-9-16-11-7-8-14(18(20)21)13(10-11)15(19)17(2)12-5-4-6-12/h7-8,10,12,16H,3-6,9H2,1-2H3. The number of anilines is 1. The third kappa shape index (κ3) is 3.32. The van der Waals surface area contributed by atoms with Crippen molar-refractivity contribution in [2.24, 2.45) is 0 Å². The lowest BCUT2D eigenvalue weighted by atomic mass is 9.91. The first-order valence-corrected chi connectivity index (χ1v) is 7.34. The largest absolute Gasteiger partial charge is 0.385 e. The Bertz CT molecular complexity index is 541. The summed E-state index contributed by atoms with van der Waals surface area (Å²) in [5.41, 5.74) is 0.775. The number of nitro groups is 1. The second-order valence-corrected chi connectivity index (χ2v) is 5.42. The lowest BCUT2D eigenvalue weighted by molar-refractivity contribution is -0.385. The van der Waals surface area contributed by atoms with Gasteiger partial charge in [-0.2, -0.15) is 0 Å². The van der Waals surface area contributed by atoms with Crippen LogP contribution >= 0.6 is 0 Å². The maximum atomic E-state index is 12.5. The molecule has 2 rings (SSSR count). The highest BCUT2D eigenvalue weighted by Gasteiger charge is 2.30. The van der Waals surface area contributed by atoms with Gasteiger partial charge in [0.05, 0.1) is 4.92 Å². The van der Waals surface area contributed by atoms with Crippen LogP contribution in [0.4, 0.5) is 11.4 Å². The smallest absolute Gasteiger partial charge is 0.282 e. The normalized spacial score (nSPS) is 14.4. The topological polar surface area (TPSA) is 75.5 Å². The molecule has 1 fully saturated rings. The highest BCUT2D eigenvalue weighted by molar-refractivity contribution is 5.99. The lowest BCUT2D eigenvalue weighted by Gasteiger charge is -2.34. The number of hydrogen-bond acceptors (Lipinski definition) is 4. The predicted molar refractivity (Wildman–Crippen MR) is 81.6 cm³/mol. The molecule has 6 heteroatoms. The molecule has 0 radical (unpaired) electrons. The number of nitrogens with zero attached hydrogens (tertiary/aromatic N) is 2. The first-order chi connectivity index (χ1) is 10.0. The van der Waals surface area contributed by atoms with Crippen LogP contribution in [0.15, 0.2) is 18.2 Å². The van der Waals surface area contributed by atoms with Crippen molar-refractivity contribution in [2.75, 3.05) is 18.9 Å². The second-order valence-electron chi connectivity index (χ2n) is 5.42. The lowest BCUT2D eigenvalue weighted by Crippen LogP contribution is -2.41. The fraction of sp³-hybridized carbons (Fsp3) is 0.533. The Balaban J connectivity index is 2.28. The van der Waals surface area contributed by atoms with E-state index < -0.39 is 4.92 Å². The minimum atomic E-state index is -0.495. The number of carbonyl (C=O) groups is 1. The van der Waals surface area contributed by atoms with Gasteiger partial charge in [0.1, 0.15) is 5.56 Å². The molecule has 1 N–H and O–H groups in total. The van der Waals surface area contributed by atoms with Crippen molar-refractivity contribution in [3.63, 3.8) is 0 Å². The van der Waals surface area contributed by atoms with Crippen LogP contribution in [0.1, 0.15) is 43.0 Å². The molecule has 1 aliphatic rings. The van der Waals surface area contributed by atoms with E-state index in [-0.39, 0.29) is 23.2 Å². The molecular weight excluding hydrogens is 270 g/mol. The van der Waals surface area contributed by atoms with Crippen LogP contribution in [0.25, 0.3) is 0 Å². The van der Waals surface area contributed by atoms with Gasteiger partial charge >= 0.3 is 0 Å². The van der Waals surface area contributed by atoms with Crippen molar-refractivity contribution in [2.45, 2.75) is 38.6 Å². The summed E-state index contributed by atoms with van der Waals surface area (Å²) in [5, 5.41) is 14.3. The average Bonchev–Trinajstić information content (AvgIpc) is 2.41. The quantitative estimate of drug-likeness (QED) is 0.645. The van der Waals surface area contributed by atoms with Crippen molar-refractivity contribution in [1.82, 2.24) is 4.90 Å². The van der Waals surface area contributed by atoms with Crippen LogP contribution in [0.3, 0.4) is 0 Å². The molecule has 1 aromatic rings. The maximum Gasteiger partial charge on any atom is 0.282 e. The van der Waals surface area contributed by atoms with Gasteiger partial charge in [-0.1, -0.05) is 6.92 Å². The summed E-state index contributed by atoms with van der Waals surface area (Å²) in [6.07, 6.45) is 4.01. The first-order valence-electron chi connectivity index (χ1n) is 7.34. The molecule has 0 heterocycles. The molecule has 0 bridgehead atoms. The first kappa shape index (κ1) is 15.3. The minimum absolute atomic E-state index is 0.131. The third-order valence-corrected chi connectivity index (χ3v) is 3.95. The minimum Gasteiger partial charge on any atom is -0.385 e. The molecule has 0 atom stereocenters. The Morgan fingerprint density at radius 2 is 2.19 bits per heavy atom. The Kier molecular flexibility index (Phi) is 4.77. The molecular formula is C15H21N3O3. The van der Waals surface area contributed by atoms with Gasteiger partial charge in [-0.05, 0) is 37.8 Å². The number of nitro benzene ring substituents is 1. The molecule has 0 saturated heterocycles. The summed E-state index contributed by atoms with van der Waals surface area (Å²) >= 11 is 0.